The molecule has 0 spiro atoms. The first-order valence-corrected chi connectivity index (χ1v) is 6.33. The zero-order valence-electron chi connectivity index (χ0n) is 11.6. The summed E-state index contributed by atoms with van der Waals surface area (Å²) in [5.41, 5.74) is 3.91. The number of likely N-dealkylation sites (tertiary alicyclic amines) is 1. The van der Waals surface area contributed by atoms with Gasteiger partial charge in [-0.25, -0.2) is 0 Å². The molecule has 1 rings (SSSR count). The Morgan fingerprint density at radius 1 is 1.38 bits per heavy atom. The van der Waals surface area contributed by atoms with E-state index in [1.165, 1.54) is 16.8 Å². The van der Waals surface area contributed by atoms with Crippen LogP contribution in [0, 0.1) is 5.92 Å². The number of hydrogen-bond donors (Lipinski definition) is 0. The van der Waals surface area contributed by atoms with Crippen LogP contribution in [0.5, 0.6) is 0 Å². The zero-order chi connectivity index (χ0) is 12.7. The van der Waals surface area contributed by atoms with Crippen molar-refractivity contribution in [2.75, 3.05) is 13.1 Å². The molecule has 1 nitrogen and oxygen atoms in total. The van der Waals surface area contributed by atoms with Crippen molar-refractivity contribution in [1.29, 1.82) is 0 Å². The molecule has 0 atom stereocenters. The average molecular weight is 221 g/mol. The van der Waals surface area contributed by atoms with Crippen LogP contribution in [-0.4, -0.2) is 18.0 Å². The second kappa shape index (κ2) is 7.32. The lowest BCUT2D eigenvalue weighted by Crippen LogP contribution is -2.32. The Hall–Kier alpha value is -0.980. The maximum absolute atomic E-state index is 4.14. The van der Waals surface area contributed by atoms with E-state index in [1.54, 1.807) is 0 Å². The smallest absolute Gasteiger partial charge is 0.0425 e. The van der Waals surface area contributed by atoms with Gasteiger partial charge in [0.2, 0.25) is 0 Å². The molecule has 1 aliphatic rings. The molecule has 0 aliphatic carbocycles. The Balaban J connectivity index is 0.00000106. The highest BCUT2D eigenvalue weighted by atomic mass is 15.1. The molecule has 1 aliphatic heterocycles. The SMILES string of the molecule is C=C1CCN(C(=C)C(C)C)C/C1=C/C.CC. The van der Waals surface area contributed by atoms with Crippen LogP contribution >= 0.6 is 0 Å². The zero-order valence-corrected chi connectivity index (χ0v) is 11.6. The predicted octanol–water partition coefficient (Wildman–Crippen LogP) is 4.39. The van der Waals surface area contributed by atoms with E-state index in [9.17, 15) is 0 Å². The number of piperidine rings is 1. The third-order valence-corrected chi connectivity index (χ3v) is 2.92. The van der Waals surface area contributed by atoms with Gasteiger partial charge in [0.1, 0.15) is 0 Å². The molecule has 0 aromatic carbocycles. The van der Waals surface area contributed by atoms with Crippen LogP contribution in [0.2, 0.25) is 0 Å². The molecule has 0 aromatic heterocycles. The number of hydrogen-bond acceptors (Lipinski definition) is 1. The minimum Gasteiger partial charge on any atom is -0.370 e. The predicted molar refractivity (Wildman–Crippen MR) is 74.4 cm³/mol. The minimum absolute atomic E-state index is 0.541. The maximum atomic E-state index is 4.14. The largest absolute Gasteiger partial charge is 0.370 e. The van der Waals surface area contributed by atoms with Crippen LogP contribution in [-0.2, 0) is 0 Å². The molecule has 92 valence electrons. The fourth-order valence-corrected chi connectivity index (χ4v) is 1.73. The summed E-state index contributed by atoms with van der Waals surface area (Å²) >= 11 is 0. The molecule has 0 radical (unpaired) electrons. The van der Waals surface area contributed by atoms with Crippen molar-refractivity contribution in [2.24, 2.45) is 5.92 Å². The van der Waals surface area contributed by atoms with E-state index in [0.29, 0.717) is 5.92 Å². The van der Waals surface area contributed by atoms with Crippen LogP contribution in [0.15, 0.2) is 36.1 Å². The standard InChI is InChI=1S/C13H21N.C2H6/c1-6-13-9-14(8-7-11(13)4)12(5)10(2)3;1-2/h6,10H,4-5,7-9H2,1-3H3;1-2H3/b13-6-;. The highest BCUT2D eigenvalue weighted by Gasteiger charge is 2.18. The first-order chi connectivity index (χ1) is 7.56. The van der Waals surface area contributed by atoms with Crippen LogP contribution < -0.4 is 0 Å². The van der Waals surface area contributed by atoms with Gasteiger partial charge in [-0.05, 0) is 30.4 Å². The third kappa shape index (κ3) is 3.88. The minimum atomic E-state index is 0.541. The van der Waals surface area contributed by atoms with Crippen molar-refractivity contribution in [3.63, 3.8) is 0 Å². The van der Waals surface area contributed by atoms with Crippen molar-refractivity contribution in [1.82, 2.24) is 4.90 Å². The summed E-state index contributed by atoms with van der Waals surface area (Å²) in [7, 11) is 0. The van der Waals surface area contributed by atoms with E-state index in [-0.39, 0.29) is 0 Å². The van der Waals surface area contributed by atoms with E-state index < -0.39 is 0 Å². The van der Waals surface area contributed by atoms with Gasteiger partial charge in [-0.1, -0.05) is 46.9 Å². The second-order valence-electron chi connectivity index (χ2n) is 4.24. The summed E-state index contributed by atoms with van der Waals surface area (Å²) in [5, 5.41) is 0. The van der Waals surface area contributed by atoms with Gasteiger partial charge in [0.05, 0.1) is 0 Å². The fraction of sp³-hybridized carbons (Fsp3) is 0.600. The highest BCUT2D eigenvalue weighted by molar-refractivity contribution is 5.32. The van der Waals surface area contributed by atoms with Crippen molar-refractivity contribution in [2.45, 2.75) is 41.0 Å². The molecule has 0 aromatic rings. The van der Waals surface area contributed by atoms with Crippen molar-refractivity contribution < 1.29 is 0 Å². The summed E-state index contributed by atoms with van der Waals surface area (Å²) in [5.74, 6) is 0.541. The monoisotopic (exact) mass is 221 g/mol. The lowest BCUT2D eigenvalue weighted by molar-refractivity contribution is 0.325. The van der Waals surface area contributed by atoms with Gasteiger partial charge < -0.3 is 4.90 Å². The number of allylic oxidation sites excluding steroid dienone is 2. The fourth-order valence-electron chi connectivity index (χ4n) is 1.73. The van der Waals surface area contributed by atoms with Crippen LogP contribution in [0.4, 0.5) is 0 Å². The lowest BCUT2D eigenvalue weighted by Gasteiger charge is -2.34. The Morgan fingerprint density at radius 3 is 2.38 bits per heavy atom. The molecule has 0 unspecified atom stereocenters. The second-order valence-corrected chi connectivity index (χ2v) is 4.24. The summed E-state index contributed by atoms with van der Waals surface area (Å²) in [6, 6.07) is 0. The van der Waals surface area contributed by atoms with Gasteiger partial charge >= 0.3 is 0 Å². The van der Waals surface area contributed by atoms with Crippen LogP contribution in [0.3, 0.4) is 0 Å². The van der Waals surface area contributed by atoms with E-state index in [2.05, 4.69) is 44.9 Å². The molecule has 1 saturated heterocycles. The number of rotatable bonds is 2. The Bertz CT molecular complexity index is 271. The summed E-state index contributed by atoms with van der Waals surface area (Å²) in [6.45, 7) is 20.8. The average Bonchev–Trinajstić information content (AvgIpc) is 2.31. The van der Waals surface area contributed by atoms with E-state index in [0.717, 1.165) is 19.5 Å². The topological polar surface area (TPSA) is 3.24 Å². The molecule has 1 fully saturated rings. The number of nitrogens with zero attached hydrogens (tertiary/aromatic N) is 1. The summed E-state index contributed by atoms with van der Waals surface area (Å²) in [4.78, 5) is 2.37. The molecule has 1 heterocycles. The molecule has 16 heavy (non-hydrogen) atoms. The van der Waals surface area contributed by atoms with Crippen molar-refractivity contribution in [3.8, 4) is 0 Å². The van der Waals surface area contributed by atoms with Gasteiger partial charge in [0.15, 0.2) is 0 Å². The van der Waals surface area contributed by atoms with E-state index >= 15 is 0 Å². The normalized spacial score (nSPS) is 18.5. The highest BCUT2D eigenvalue weighted by Crippen LogP contribution is 2.25. The summed E-state index contributed by atoms with van der Waals surface area (Å²) in [6.07, 6.45) is 3.24. The van der Waals surface area contributed by atoms with E-state index in [4.69, 9.17) is 0 Å². The molecule has 0 bridgehead atoms. The Labute approximate surface area is 102 Å². The molecular formula is C15H27N. The van der Waals surface area contributed by atoms with Gasteiger partial charge in [0, 0.05) is 18.8 Å². The van der Waals surface area contributed by atoms with Gasteiger partial charge in [0.25, 0.3) is 0 Å². The first kappa shape index (κ1) is 15.0. The molecule has 0 saturated carbocycles. The van der Waals surface area contributed by atoms with Crippen LogP contribution in [0.1, 0.15) is 41.0 Å². The quantitative estimate of drug-likeness (QED) is 0.668. The summed E-state index contributed by atoms with van der Waals surface area (Å²) < 4.78 is 0. The van der Waals surface area contributed by atoms with E-state index in [1.807, 2.05) is 13.8 Å². The molecular weight excluding hydrogens is 194 g/mol. The first-order valence-electron chi connectivity index (χ1n) is 6.33. The maximum Gasteiger partial charge on any atom is 0.0425 e. The van der Waals surface area contributed by atoms with Gasteiger partial charge in [-0.2, -0.15) is 0 Å². The van der Waals surface area contributed by atoms with Gasteiger partial charge in [-0.3, -0.25) is 0 Å². The van der Waals surface area contributed by atoms with Crippen molar-refractivity contribution in [3.05, 3.63) is 36.1 Å². The van der Waals surface area contributed by atoms with Crippen LogP contribution in [0.25, 0.3) is 0 Å². The Morgan fingerprint density at radius 2 is 1.94 bits per heavy atom. The molecule has 0 N–H and O–H groups in total. The molecule has 1 heteroatoms. The molecule has 0 amide bonds. The lowest BCUT2D eigenvalue weighted by atomic mass is 9.97. The third-order valence-electron chi connectivity index (χ3n) is 2.92. The van der Waals surface area contributed by atoms with Gasteiger partial charge in [-0.15, -0.1) is 0 Å². The van der Waals surface area contributed by atoms with Crippen molar-refractivity contribution >= 4 is 0 Å². The Kier molecular flexibility index (Phi) is 6.87.